The van der Waals surface area contributed by atoms with Crippen LogP contribution in [0.2, 0.25) is 0 Å². The van der Waals surface area contributed by atoms with Crippen LogP contribution in [0.15, 0.2) is 28.2 Å². The Morgan fingerprint density at radius 3 is 2.57 bits per heavy atom. The molecule has 1 saturated heterocycles. The molecule has 5 atom stereocenters. The van der Waals surface area contributed by atoms with Crippen LogP contribution in [0.25, 0.3) is 6.08 Å². The zero-order valence-electron chi connectivity index (χ0n) is 25.6. The number of hydrogen-bond acceptors (Lipinski definition) is 12. The Labute approximate surface area is 255 Å². The number of Topliss-reactive ketones (excluding diaryl/α,β-unsaturated/α-hetero) is 2. The molecule has 2 bridgehead atoms. The quantitative estimate of drug-likeness (QED) is 0.211. The molecule has 2 unspecified atom stereocenters. The molecule has 12 heteroatoms. The molecule has 12 nitrogen and oxygen atoms in total. The number of likely N-dealkylation sites (N-methyl/N-ethyl adjacent to an activating group) is 1. The normalized spacial score (nSPS) is 27.0. The van der Waals surface area contributed by atoms with Crippen molar-refractivity contribution in [1.82, 2.24) is 9.80 Å². The second-order valence-corrected chi connectivity index (χ2v) is 11.6. The molecule has 4 aliphatic heterocycles. The van der Waals surface area contributed by atoms with Crippen molar-refractivity contribution in [3.05, 3.63) is 44.9 Å². The van der Waals surface area contributed by atoms with E-state index in [4.69, 9.17) is 23.7 Å². The Morgan fingerprint density at radius 1 is 1.18 bits per heavy atom. The average molecular weight is 606 g/mol. The first-order chi connectivity index (χ1) is 21.1. The van der Waals surface area contributed by atoms with Gasteiger partial charge in [0.15, 0.2) is 23.0 Å². The fourth-order valence-electron chi connectivity index (χ4n) is 7.25. The number of allylic oxidation sites excluding steroid dienone is 2. The van der Waals surface area contributed by atoms with E-state index in [1.807, 2.05) is 4.90 Å². The van der Waals surface area contributed by atoms with Gasteiger partial charge < -0.3 is 33.7 Å². The topological polar surface area (TPSA) is 148 Å². The number of hydrogen-bond donors (Lipinski definition) is 1. The lowest BCUT2D eigenvalue weighted by Gasteiger charge is -2.58. The molecular weight excluding hydrogens is 570 g/mol. The number of nitrogens with zero attached hydrogens (tertiary/aromatic N) is 3. The fraction of sp³-hybridized carbons (Fsp3) is 0.500. The number of benzene rings is 1. The van der Waals surface area contributed by atoms with E-state index >= 15 is 0 Å². The Hall–Kier alpha value is -4.18. The molecule has 1 aliphatic carbocycles. The summed E-state index contributed by atoms with van der Waals surface area (Å²) in [4.78, 5) is 43.6. The van der Waals surface area contributed by atoms with Crippen LogP contribution in [0.5, 0.6) is 17.2 Å². The number of unbranched alkanes of at least 4 members (excludes halogenated alkanes) is 1. The summed E-state index contributed by atoms with van der Waals surface area (Å²) >= 11 is 0. The maximum absolute atomic E-state index is 14.0. The third kappa shape index (κ3) is 4.10. The van der Waals surface area contributed by atoms with Crippen molar-refractivity contribution >= 4 is 23.6 Å². The minimum Gasteiger partial charge on any atom is -0.492 e. The first kappa shape index (κ1) is 29.9. The monoisotopic (exact) mass is 605 g/mol. The minimum atomic E-state index is -1.43. The van der Waals surface area contributed by atoms with Gasteiger partial charge in [-0.2, -0.15) is 5.26 Å². The van der Waals surface area contributed by atoms with Gasteiger partial charge in [0.2, 0.25) is 12.6 Å². The second kappa shape index (κ2) is 11.1. The number of nitriles is 1. The molecule has 4 heterocycles. The van der Waals surface area contributed by atoms with Gasteiger partial charge in [-0.05, 0) is 33.4 Å². The van der Waals surface area contributed by atoms with E-state index in [1.54, 1.807) is 24.9 Å². The highest BCUT2D eigenvalue weighted by Gasteiger charge is 2.59. The summed E-state index contributed by atoms with van der Waals surface area (Å²) in [5.74, 6) is -0.462. The van der Waals surface area contributed by atoms with Crippen molar-refractivity contribution in [3.63, 3.8) is 0 Å². The summed E-state index contributed by atoms with van der Waals surface area (Å²) in [6, 6.07) is -0.941. The van der Waals surface area contributed by atoms with E-state index < -0.39 is 47.8 Å². The third-order valence-electron chi connectivity index (χ3n) is 9.17. The van der Waals surface area contributed by atoms with Crippen molar-refractivity contribution in [3.8, 4) is 23.3 Å². The molecule has 1 aromatic carbocycles. The number of carbonyl (C=O) groups excluding carboxylic acids is 3. The average Bonchev–Trinajstić information content (AvgIpc) is 3.48. The SMILES string of the molecule is CCCCOC[C@H]1c2c(c(OC(C)=O)c(C)c3c2OCO3)C=C2C3C4=C(C(=O)C(C)=C(OC)C4=O)[C@H](O)C([C@H](C#N)N21)N3C. The number of ether oxygens (including phenoxy) is 5. The lowest BCUT2D eigenvalue weighted by atomic mass is 9.70. The highest BCUT2D eigenvalue weighted by atomic mass is 16.7. The summed E-state index contributed by atoms with van der Waals surface area (Å²) in [6.45, 7) is 7.17. The Bertz CT molecular complexity index is 1620. The highest BCUT2D eigenvalue weighted by molar-refractivity contribution is 6.25. The maximum Gasteiger partial charge on any atom is 0.308 e. The number of methoxy groups -OCH3 is 1. The van der Waals surface area contributed by atoms with Crippen molar-refractivity contribution < 1.29 is 43.2 Å². The molecule has 0 spiro atoms. The van der Waals surface area contributed by atoms with E-state index in [-0.39, 0.29) is 41.6 Å². The number of ketones is 2. The lowest BCUT2D eigenvalue weighted by molar-refractivity contribution is -0.132. The van der Waals surface area contributed by atoms with Crippen molar-refractivity contribution in [1.29, 1.82) is 5.26 Å². The Kier molecular flexibility index (Phi) is 7.52. The van der Waals surface area contributed by atoms with Crippen molar-refractivity contribution in [2.45, 2.75) is 70.8 Å². The Morgan fingerprint density at radius 2 is 1.91 bits per heavy atom. The van der Waals surface area contributed by atoms with Crippen LogP contribution >= 0.6 is 0 Å². The predicted octanol–water partition coefficient (Wildman–Crippen LogP) is 2.48. The minimum absolute atomic E-state index is 0.0224. The van der Waals surface area contributed by atoms with Gasteiger partial charge in [0.25, 0.3) is 0 Å². The van der Waals surface area contributed by atoms with Crippen LogP contribution < -0.4 is 14.2 Å². The van der Waals surface area contributed by atoms with Crippen molar-refractivity contribution in [2.75, 3.05) is 34.2 Å². The van der Waals surface area contributed by atoms with E-state index in [1.165, 1.54) is 21.0 Å². The first-order valence-electron chi connectivity index (χ1n) is 14.7. The van der Waals surface area contributed by atoms with Crippen LogP contribution in [0.1, 0.15) is 56.3 Å². The molecule has 1 aromatic rings. The number of carbonyl (C=O) groups is 3. The fourth-order valence-corrected chi connectivity index (χ4v) is 7.25. The molecule has 0 saturated carbocycles. The number of aliphatic hydroxyl groups is 1. The molecular formula is C32H35N3O9. The number of fused-ring (bicyclic) bond motifs is 8. The molecule has 44 heavy (non-hydrogen) atoms. The van der Waals surface area contributed by atoms with Gasteiger partial charge in [-0.3, -0.25) is 19.3 Å². The zero-order chi connectivity index (χ0) is 31.6. The van der Waals surface area contributed by atoms with E-state index in [9.17, 15) is 24.8 Å². The Balaban J connectivity index is 1.65. The van der Waals surface area contributed by atoms with Gasteiger partial charge in [0.05, 0.1) is 37.9 Å². The van der Waals surface area contributed by atoms with Crippen LogP contribution in [0.3, 0.4) is 0 Å². The molecule has 1 fully saturated rings. The molecule has 0 amide bonds. The molecule has 232 valence electrons. The van der Waals surface area contributed by atoms with Crippen LogP contribution in [0, 0.1) is 18.3 Å². The molecule has 0 radical (unpaired) electrons. The summed E-state index contributed by atoms with van der Waals surface area (Å²) in [5, 5.41) is 22.4. The van der Waals surface area contributed by atoms with Gasteiger partial charge in [-0.1, -0.05) is 13.3 Å². The third-order valence-corrected chi connectivity index (χ3v) is 9.17. The van der Waals surface area contributed by atoms with E-state index in [0.29, 0.717) is 40.5 Å². The van der Waals surface area contributed by atoms with Crippen molar-refractivity contribution in [2.24, 2.45) is 0 Å². The molecule has 0 aromatic heterocycles. The number of esters is 1. The molecule has 1 N–H and O–H groups in total. The molecule has 5 aliphatic rings. The largest absolute Gasteiger partial charge is 0.492 e. The smallest absolute Gasteiger partial charge is 0.308 e. The first-order valence-corrected chi connectivity index (χ1v) is 14.7. The predicted molar refractivity (Wildman–Crippen MR) is 154 cm³/mol. The summed E-state index contributed by atoms with van der Waals surface area (Å²) in [7, 11) is 3.05. The van der Waals surface area contributed by atoms with Crippen LogP contribution in [0.4, 0.5) is 0 Å². The molecule has 6 rings (SSSR count). The van der Waals surface area contributed by atoms with Crippen LogP contribution in [-0.4, -0.2) is 90.8 Å². The van der Waals surface area contributed by atoms with Gasteiger partial charge >= 0.3 is 5.97 Å². The summed E-state index contributed by atoms with van der Waals surface area (Å²) < 4.78 is 29.1. The lowest BCUT2D eigenvalue weighted by Crippen LogP contribution is -2.70. The second-order valence-electron chi connectivity index (χ2n) is 11.6. The highest BCUT2D eigenvalue weighted by Crippen LogP contribution is 2.56. The van der Waals surface area contributed by atoms with Gasteiger partial charge in [-0.15, -0.1) is 0 Å². The number of rotatable bonds is 7. The maximum atomic E-state index is 14.0. The van der Waals surface area contributed by atoms with Gasteiger partial charge in [0, 0.05) is 52.6 Å². The van der Waals surface area contributed by atoms with Gasteiger partial charge in [0.1, 0.15) is 17.9 Å². The number of aliphatic hydroxyl groups excluding tert-OH is 1. The van der Waals surface area contributed by atoms with E-state index in [2.05, 4.69) is 13.0 Å². The standard InChI is InChI=1S/C32H35N3O9/c1-7-8-9-41-12-20-21-17(29(44-16(4)36)15(3)31-32(21)43-13-42-31)10-18-24-22-23(26(37)14(2)30(40-6)28(22)39)27(38)25(34(24)5)19(11-33)35(18)20/h10,19-20,24-25,27,38H,7-9,12-13H2,1-6H3/t19-,20-,24?,25?,27-/m0/s1. The summed E-state index contributed by atoms with van der Waals surface area (Å²) in [6.07, 6.45) is 2.09. The zero-order valence-corrected chi connectivity index (χ0v) is 25.6. The van der Waals surface area contributed by atoms with E-state index in [0.717, 1.165) is 12.8 Å². The summed E-state index contributed by atoms with van der Waals surface area (Å²) in [5.41, 5.74) is 2.41. The van der Waals surface area contributed by atoms with Crippen LogP contribution in [-0.2, 0) is 23.9 Å². The number of piperazine rings is 1. The van der Waals surface area contributed by atoms with Gasteiger partial charge in [-0.25, -0.2) is 0 Å².